The topological polar surface area (TPSA) is 72.2 Å². The van der Waals surface area contributed by atoms with E-state index in [2.05, 4.69) is 11.9 Å². The summed E-state index contributed by atoms with van der Waals surface area (Å²) in [6.07, 6.45) is 1.53. The molecule has 0 radical (unpaired) electrons. The molecule has 7 heteroatoms. The summed E-state index contributed by atoms with van der Waals surface area (Å²) in [5.41, 5.74) is -0.328. The Kier molecular flexibility index (Phi) is 4.69. The molecule has 0 fully saturated rings. The Bertz CT molecular complexity index is 517. The molecule has 1 N–H and O–H groups in total. The summed E-state index contributed by atoms with van der Waals surface area (Å²) >= 11 is 11.4. The van der Waals surface area contributed by atoms with Gasteiger partial charge in [-0.2, -0.15) is 0 Å². The highest BCUT2D eigenvalue weighted by atomic mass is 35.5. The van der Waals surface area contributed by atoms with Gasteiger partial charge in [0, 0.05) is 17.7 Å². The zero-order valence-corrected chi connectivity index (χ0v) is 11.0. The van der Waals surface area contributed by atoms with Gasteiger partial charge in [-0.05, 0) is 13.0 Å². The summed E-state index contributed by atoms with van der Waals surface area (Å²) in [6, 6.07) is 2.10. The summed E-state index contributed by atoms with van der Waals surface area (Å²) in [7, 11) is 0. The maximum absolute atomic E-state index is 11.8. The molecule has 96 valence electrons. The van der Waals surface area contributed by atoms with Crippen LogP contribution in [0.4, 0.5) is 5.69 Å². The van der Waals surface area contributed by atoms with Gasteiger partial charge in [-0.15, -0.1) is 6.58 Å². The van der Waals surface area contributed by atoms with Crippen molar-refractivity contribution >= 4 is 34.8 Å². The summed E-state index contributed by atoms with van der Waals surface area (Å²) in [6.45, 7) is 5.23. The summed E-state index contributed by atoms with van der Waals surface area (Å²) in [5.74, 6) is -0.482. The second-order valence-corrected chi connectivity index (χ2v) is 4.33. The van der Waals surface area contributed by atoms with Crippen LogP contribution in [0.2, 0.25) is 10.0 Å². The van der Waals surface area contributed by atoms with Gasteiger partial charge in [0.05, 0.1) is 9.95 Å². The second kappa shape index (κ2) is 5.84. The second-order valence-electron chi connectivity index (χ2n) is 3.55. The number of nitrogens with one attached hydrogen (secondary N) is 1. The number of nitro benzene ring substituents is 1. The lowest BCUT2D eigenvalue weighted by Gasteiger charge is -2.09. The Morgan fingerprint density at radius 2 is 2.17 bits per heavy atom. The van der Waals surface area contributed by atoms with Crippen molar-refractivity contribution in [2.75, 3.05) is 0 Å². The molecule has 1 amide bonds. The zero-order chi connectivity index (χ0) is 13.9. The minimum absolute atomic E-state index is 0.0396. The predicted molar refractivity (Wildman–Crippen MR) is 70.2 cm³/mol. The molecule has 0 aromatic heterocycles. The van der Waals surface area contributed by atoms with Crippen LogP contribution in [0.15, 0.2) is 24.8 Å². The number of benzene rings is 1. The van der Waals surface area contributed by atoms with E-state index in [1.165, 1.54) is 12.1 Å². The first-order chi connectivity index (χ1) is 8.36. The fourth-order valence-electron chi connectivity index (χ4n) is 1.19. The quantitative estimate of drug-likeness (QED) is 0.525. The van der Waals surface area contributed by atoms with Crippen molar-refractivity contribution in [1.29, 1.82) is 0 Å². The highest BCUT2D eigenvalue weighted by Gasteiger charge is 2.20. The molecule has 0 saturated carbocycles. The number of amides is 1. The first-order valence-corrected chi connectivity index (χ1v) is 5.69. The normalized spacial score (nSPS) is 11.7. The van der Waals surface area contributed by atoms with Gasteiger partial charge in [-0.25, -0.2) is 0 Å². The number of carbonyl (C=O) groups is 1. The van der Waals surface area contributed by atoms with Crippen LogP contribution in [0.1, 0.15) is 17.3 Å². The molecule has 0 heterocycles. The van der Waals surface area contributed by atoms with E-state index >= 15 is 0 Å². The largest absolute Gasteiger partial charge is 0.346 e. The molecule has 1 atom stereocenters. The van der Waals surface area contributed by atoms with Crippen molar-refractivity contribution in [3.05, 3.63) is 50.5 Å². The summed E-state index contributed by atoms with van der Waals surface area (Å²) in [4.78, 5) is 21.8. The average molecular weight is 289 g/mol. The molecule has 0 spiro atoms. The first-order valence-electron chi connectivity index (χ1n) is 4.93. The number of carbonyl (C=O) groups excluding carboxylic acids is 1. The molecule has 5 nitrogen and oxygen atoms in total. The fourth-order valence-corrected chi connectivity index (χ4v) is 1.58. The third kappa shape index (κ3) is 3.21. The molecular formula is C11H10Cl2N2O3. The van der Waals surface area contributed by atoms with Gasteiger partial charge in [0.2, 0.25) is 0 Å². The Morgan fingerprint density at radius 1 is 1.56 bits per heavy atom. The molecule has 1 aromatic rings. The smallest absolute Gasteiger partial charge is 0.290 e. The molecule has 18 heavy (non-hydrogen) atoms. The van der Waals surface area contributed by atoms with Crippen molar-refractivity contribution < 1.29 is 9.72 Å². The van der Waals surface area contributed by atoms with Gasteiger partial charge >= 0.3 is 0 Å². The number of hydrogen-bond donors (Lipinski definition) is 1. The SMILES string of the molecule is C=CC(C)NC(=O)c1cc(Cl)c(Cl)c([N+](=O)[O-])c1. The molecule has 0 bridgehead atoms. The van der Waals surface area contributed by atoms with E-state index in [4.69, 9.17) is 23.2 Å². The molecular weight excluding hydrogens is 279 g/mol. The lowest BCUT2D eigenvalue weighted by atomic mass is 10.1. The highest BCUT2D eigenvalue weighted by Crippen LogP contribution is 2.33. The van der Waals surface area contributed by atoms with Gasteiger partial charge in [-0.3, -0.25) is 14.9 Å². The standard InChI is InChI=1S/C11H10Cl2N2O3/c1-3-6(2)14-11(16)7-4-8(12)10(13)9(5-7)15(17)18/h3-6H,1H2,2H3,(H,14,16). The van der Waals surface area contributed by atoms with Crippen molar-refractivity contribution in [3.8, 4) is 0 Å². The van der Waals surface area contributed by atoms with E-state index in [9.17, 15) is 14.9 Å². The van der Waals surface area contributed by atoms with Crippen molar-refractivity contribution in [2.45, 2.75) is 13.0 Å². The lowest BCUT2D eigenvalue weighted by Crippen LogP contribution is -2.30. The van der Waals surface area contributed by atoms with E-state index < -0.39 is 16.5 Å². The van der Waals surface area contributed by atoms with E-state index in [1.807, 2.05) is 0 Å². The van der Waals surface area contributed by atoms with Gasteiger partial charge < -0.3 is 5.32 Å². The molecule has 1 aromatic carbocycles. The fraction of sp³-hybridized carbons (Fsp3) is 0.182. The number of hydrogen-bond acceptors (Lipinski definition) is 3. The van der Waals surface area contributed by atoms with Crippen molar-refractivity contribution in [1.82, 2.24) is 5.32 Å². The molecule has 1 unspecified atom stereocenters. The van der Waals surface area contributed by atoms with Crippen LogP contribution in [-0.2, 0) is 0 Å². The van der Waals surface area contributed by atoms with E-state index in [-0.39, 0.29) is 21.7 Å². The van der Waals surface area contributed by atoms with Crippen LogP contribution in [0.5, 0.6) is 0 Å². The average Bonchev–Trinajstić information content (AvgIpc) is 2.31. The van der Waals surface area contributed by atoms with Crippen molar-refractivity contribution in [2.24, 2.45) is 0 Å². The Balaban J connectivity index is 3.14. The van der Waals surface area contributed by atoms with Crippen molar-refractivity contribution in [3.63, 3.8) is 0 Å². The predicted octanol–water partition coefficient (Wildman–Crippen LogP) is 3.21. The third-order valence-corrected chi connectivity index (χ3v) is 2.97. The van der Waals surface area contributed by atoms with Gasteiger partial charge in [0.1, 0.15) is 5.02 Å². The molecule has 0 saturated heterocycles. The van der Waals surface area contributed by atoms with Crippen LogP contribution < -0.4 is 5.32 Å². The zero-order valence-electron chi connectivity index (χ0n) is 9.44. The molecule has 0 aliphatic heterocycles. The van der Waals surface area contributed by atoms with Crippen LogP contribution >= 0.6 is 23.2 Å². The number of nitro groups is 1. The van der Waals surface area contributed by atoms with Gasteiger partial charge in [0.15, 0.2) is 0 Å². The van der Waals surface area contributed by atoms with Crippen LogP contribution in [0.25, 0.3) is 0 Å². The van der Waals surface area contributed by atoms with Gasteiger partial charge in [0.25, 0.3) is 11.6 Å². The van der Waals surface area contributed by atoms with E-state index in [1.54, 1.807) is 6.92 Å². The van der Waals surface area contributed by atoms with E-state index in [0.29, 0.717) is 0 Å². The minimum atomic E-state index is -0.693. The Labute approximate surface area is 114 Å². The molecule has 1 rings (SSSR count). The Morgan fingerprint density at radius 3 is 2.67 bits per heavy atom. The van der Waals surface area contributed by atoms with Gasteiger partial charge in [-0.1, -0.05) is 29.3 Å². The van der Waals surface area contributed by atoms with Crippen LogP contribution in [0, 0.1) is 10.1 Å². The maximum atomic E-state index is 11.8. The molecule has 0 aliphatic rings. The maximum Gasteiger partial charge on any atom is 0.290 e. The Hall–Kier alpha value is -1.59. The van der Waals surface area contributed by atoms with Crippen LogP contribution in [-0.4, -0.2) is 16.9 Å². The minimum Gasteiger partial charge on any atom is -0.346 e. The lowest BCUT2D eigenvalue weighted by molar-refractivity contribution is -0.384. The number of halogens is 2. The monoisotopic (exact) mass is 288 g/mol. The number of nitrogens with zero attached hydrogens (tertiary/aromatic N) is 1. The highest BCUT2D eigenvalue weighted by molar-refractivity contribution is 6.43. The third-order valence-electron chi connectivity index (χ3n) is 2.18. The first kappa shape index (κ1) is 14.5. The number of rotatable bonds is 4. The van der Waals surface area contributed by atoms with E-state index in [0.717, 1.165) is 6.07 Å². The molecule has 0 aliphatic carbocycles. The summed E-state index contributed by atoms with van der Waals surface area (Å²) in [5, 5.41) is 13.1. The summed E-state index contributed by atoms with van der Waals surface area (Å²) < 4.78 is 0. The van der Waals surface area contributed by atoms with Crippen LogP contribution in [0.3, 0.4) is 0 Å².